The third-order valence-corrected chi connectivity index (χ3v) is 5.78. The molecule has 0 aromatic carbocycles. The lowest BCUT2D eigenvalue weighted by molar-refractivity contribution is -0.356. The maximum atomic E-state index is 10.7. The number of aliphatic hydroxyl groups excluding tert-OH is 3. The summed E-state index contributed by atoms with van der Waals surface area (Å²) in [7, 11) is -1.57. The molecule has 1 aliphatic rings. The predicted octanol–water partition coefficient (Wildman–Crippen LogP) is -0.997. The fourth-order valence-electron chi connectivity index (χ4n) is 2.54. The molecule has 7 heteroatoms. The van der Waals surface area contributed by atoms with Crippen molar-refractivity contribution in [1.82, 2.24) is 0 Å². The van der Waals surface area contributed by atoms with E-state index < -0.39 is 44.7 Å². The topological polar surface area (TPSA) is 110 Å². The van der Waals surface area contributed by atoms with E-state index in [1.807, 2.05) is 6.92 Å². The lowest BCUT2D eigenvalue weighted by Crippen LogP contribution is -2.76. The summed E-state index contributed by atoms with van der Waals surface area (Å²) < 4.78 is 5.37. The molecular formula is C12H25O6Si. The SMILES string of the molecule is CCCC[C@@]1(O)[C@@H](O)[C@H](O)[C@@H](CO)OC1(O)[Si](C)C. The van der Waals surface area contributed by atoms with E-state index in [4.69, 9.17) is 9.84 Å². The van der Waals surface area contributed by atoms with Gasteiger partial charge in [0, 0.05) is 0 Å². The third kappa shape index (κ3) is 2.73. The van der Waals surface area contributed by atoms with Crippen molar-refractivity contribution in [2.24, 2.45) is 0 Å². The maximum absolute atomic E-state index is 10.7. The number of hydrogen-bond donors (Lipinski definition) is 5. The number of ether oxygens (including phenoxy) is 1. The summed E-state index contributed by atoms with van der Waals surface area (Å²) in [5, 5.41) is 50.6. The van der Waals surface area contributed by atoms with Crippen molar-refractivity contribution in [2.75, 3.05) is 6.61 Å². The van der Waals surface area contributed by atoms with Gasteiger partial charge in [0.05, 0.1) is 6.61 Å². The molecule has 0 amide bonds. The summed E-state index contributed by atoms with van der Waals surface area (Å²) in [5.41, 5.74) is -3.81. The highest BCUT2D eigenvalue weighted by atomic mass is 28.3. The van der Waals surface area contributed by atoms with Gasteiger partial charge in [-0.25, -0.2) is 0 Å². The Labute approximate surface area is 115 Å². The highest BCUT2D eigenvalue weighted by Crippen LogP contribution is 2.41. The van der Waals surface area contributed by atoms with Crippen molar-refractivity contribution in [3.8, 4) is 0 Å². The van der Waals surface area contributed by atoms with E-state index in [0.29, 0.717) is 6.42 Å². The second-order valence-electron chi connectivity index (χ2n) is 5.45. The van der Waals surface area contributed by atoms with Crippen molar-refractivity contribution in [3.05, 3.63) is 0 Å². The van der Waals surface area contributed by atoms with Crippen molar-refractivity contribution < 1.29 is 30.3 Å². The van der Waals surface area contributed by atoms with Gasteiger partial charge in [0.15, 0.2) is 5.41 Å². The molecule has 1 fully saturated rings. The van der Waals surface area contributed by atoms with Crippen LogP contribution in [-0.2, 0) is 4.74 Å². The van der Waals surface area contributed by atoms with Gasteiger partial charge in [-0.2, -0.15) is 0 Å². The number of aliphatic hydroxyl groups is 5. The van der Waals surface area contributed by atoms with Crippen LogP contribution in [0.15, 0.2) is 0 Å². The molecule has 19 heavy (non-hydrogen) atoms. The van der Waals surface area contributed by atoms with Crippen LogP contribution in [0.4, 0.5) is 0 Å². The third-order valence-electron chi connectivity index (χ3n) is 3.87. The highest BCUT2D eigenvalue weighted by Gasteiger charge is 2.63. The Hall–Kier alpha value is -0.0231. The molecule has 0 aromatic heterocycles. The molecule has 1 radical (unpaired) electrons. The fourth-order valence-corrected chi connectivity index (χ4v) is 4.06. The minimum Gasteiger partial charge on any atom is -0.394 e. The first-order valence-corrected chi connectivity index (χ1v) is 9.14. The molecule has 6 nitrogen and oxygen atoms in total. The lowest BCUT2D eigenvalue weighted by Gasteiger charge is -2.55. The van der Waals surface area contributed by atoms with Crippen LogP contribution in [0.2, 0.25) is 13.1 Å². The standard InChI is InChI=1S/C12H25O6Si/c1-4-5-6-11(16)10(15)9(14)8(7-13)18-12(11,17)19(2)3/h8-10,13-17H,4-7H2,1-3H3/t8-,9-,10+,11-,12?/m1/s1. The molecule has 5 N–H and O–H groups in total. The normalized spacial score (nSPS) is 43.7. The van der Waals surface area contributed by atoms with Gasteiger partial charge < -0.3 is 30.3 Å². The Kier molecular flexibility index (Phi) is 5.53. The molecule has 0 spiro atoms. The molecule has 1 saturated heterocycles. The van der Waals surface area contributed by atoms with E-state index in [0.717, 1.165) is 6.42 Å². The zero-order valence-corrected chi connectivity index (χ0v) is 12.7. The van der Waals surface area contributed by atoms with Crippen LogP contribution < -0.4 is 0 Å². The second kappa shape index (κ2) is 6.17. The lowest BCUT2D eigenvalue weighted by atomic mass is 9.82. The molecule has 113 valence electrons. The van der Waals surface area contributed by atoms with Gasteiger partial charge in [-0.15, -0.1) is 0 Å². The monoisotopic (exact) mass is 293 g/mol. The van der Waals surface area contributed by atoms with Crippen molar-refractivity contribution >= 4 is 8.80 Å². The van der Waals surface area contributed by atoms with Crippen LogP contribution in [-0.4, -0.2) is 70.3 Å². The molecule has 1 unspecified atom stereocenters. The van der Waals surface area contributed by atoms with Gasteiger partial charge in [-0.1, -0.05) is 32.9 Å². The summed E-state index contributed by atoms with van der Waals surface area (Å²) in [5.74, 6) is 0. The molecule has 1 rings (SSSR count). The van der Waals surface area contributed by atoms with E-state index in [1.54, 1.807) is 13.1 Å². The van der Waals surface area contributed by atoms with Gasteiger partial charge >= 0.3 is 0 Å². The van der Waals surface area contributed by atoms with E-state index in [2.05, 4.69) is 0 Å². The average molecular weight is 293 g/mol. The molecule has 1 heterocycles. The first kappa shape index (κ1) is 17.0. The van der Waals surface area contributed by atoms with Crippen LogP contribution in [0, 0.1) is 0 Å². The van der Waals surface area contributed by atoms with Gasteiger partial charge in [0.25, 0.3) is 0 Å². The summed E-state index contributed by atoms with van der Waals surface area (Å²) in [6.07, 6.45) is -2.57. The van der Waals surface area contributed by atoms with Gasteiger partial charge in [-0.05, 0) is 6.42 Å². The number of unbranched alkanes of at least 4 members (excludes halogenated alkanes) is 1. The van der Waals surface area contributed by atoms with Crippen molar-refractivity contribution in [1.29, 1.82) is 0 Å². The zero-order valence-electron chi connectivity index (χ0n) is 11.7. The number of hydrogen-bond acceptors (Lipinski definition) is 6. The first-order chi connectivity index (χ1) is 8.74. The minimum atomic E-state index is -1.91. The van der Waals surface area contributed by atoms with E-state index >= 15 is 0 Å². The maximum Gasteiger partial charge on any atom is 0.177 e. The van der Waals surface area contributed by atoms with E-state index in [9.17, 15) is 20.4 Å². The average Bonchev–Trinajstić information content (AvgIpc) is 2.38. The van der Waals surface area contributed by atoms with Crippen LogP contribution in [0.3, 0.4) is 0 Å². The molecule has 0 saturated carbocycles. The second-order valence-corrected chi connectivity index (χ2v) is 8.12. The molecule has 0 aliphatic carbocycles. The van der Waals surface area contributed by atoms with Gasteiger partial charge in [0.1, 0.15) is 32.7 Å². The zero-order chi connectivity index (χ0) is 14.8. The molecule has 1 aliphatic heterocycles. The first-order valence-electron chi connectivity index (χ1n) is 6.64. The molecule has 0 bridgehead atoms. The predicted molar refractivity (Wildman–Crippen MR) is 70.9 cm³/mol. The molecule has 0 aromatic rings. The van der Waals surface area contributed by atoms with Gasteiger partial charge in [-0.3, -0.25) is 0 Å². The Balaban J connectivity index is 3.14. The Morgan fingerprint density at radius 2 is 1.79 bits per heavy atom. The van der Waals surface area contributed by atoms with Gasteiger partial charge in [0.2, 0.25) is 0 Å². The van der Waals surface area contributed by atoms with Crippen molar-refractivity contribution in [3.63, 3.8) is 0 Å². The summed E-state index contributed by atoms with van der Waals surface area (Å²) in [6.45, 7) is 4.90. The van der Waals surface area contributed by atoms with Crippen LogP contribution in [0.1, 0.15) is 26.2 Å². The molecular weight excluding hydrogens is 268 g/mol. The van der Waals surface area contributed by atoms with Crippen LogP contribution in [0.25, 0.3) is 0 Å². The smallest absolute Gasteiger partial charge is 0.177 e. The van der Waals surface area contributed by atoms with Crippen LogP contribution >= 0.6 is 0 Å². The number of rotatable bonds is 5. The fraction of sp³-hybridized carbons (Fsp3) is 1.00. The summed E-state index contributed by atoms with van der Waals surface area (Å²) >= 11 is 0. The quantitative estimate of drug-likeness (QED) is 0.416. The Morgan fingerprint density at radius 3 is 2.21 bits per heavy atom. The van der Waals surface area contributed by atoms with Crippen molar-refractivity contribution in [2.45, 2.75) is 68.6 Å². The highest BCUT2D eigenvalue weighted by molar-refractivity contribution is 6.59. The minimum absolute atomic E-state index is 0.131. The van der Waals surface area contributed by atoms with E-state index in [1.165, 1.54) is 0 Å². The summed E-state index contributed by atoms with van der Waals surface area (Å²) in [6, 6.07) is 0. The summed E-state index contributed by atoms with van der Waals surface area (Å²) in [4.78, 5) is 0. The van der Waals surface area contributed by atoms with E-state index in [-0.39, 0.29) is 6.42 Å². The molecule has 5 atom stereocenters. The largest absolute Gasteiger partial charge is 0.394 e. The Morgan fingerprint density at radius 1 is 1.21 bits per heavy atom. The van der Waals surface area contributed by atoms with Crippen LogP contribution in [0.5, 0.6) is 0 Å². The Bertz CT molecular complexity index is 302.